The molecule has 2 saturated heterocycles. The summed E-state index contributed by atoms with van der Waals surface area (Å²) in [6, 6.07) is 1.27. The van der Waals surface area contributed by atoms with Crippen LogP contribution >= 0.6 is 0 Å². The van der Waals surface area contributed by atoms with Crippen LogP contribution in [0.15, 0.2) is 0 Å². The van der Waals surface area contributed by atoms with E-state index in [0.717, 1.165) is 13.2 Å². The number of hydrogen-bond acceptors (Lipinski definition) is 3. The van der Waals surface area contributed by atoms with Gasteiger partial charge >= 0.3 is 0 Å². The van der Waals surface area contributed by atoms with Crippen molar-refractivity contribution in [2.45, 2.75) is 51.6 Å². The molecule has 0 amide bonds. The minimum atomic E-state index is 0.610. The fourth-order valence-electron chi connectivity index (χ4n) is 3.08. The van der Waals surface area contributed by atoms with E-state index in [2.05, 4.69) is 24.1 Å². The van der Waals surface area contributed by atoms with E-state index in [1.165, 1.54) is 45.3 Å². The molecule has 0 spiro atoms. The number of nitrogens with zero attached hydrogens (tertiary/aromatic N) is 1. The van der Waals surface area contributed by atoms with Crippen LogP contribution in [0.2, 0.25) is 0 Å². The number of hydrogen-bond donors (Lipinski definition) is 1. The number of rotatable bonds is 4. The van der Waals surface area contributed by atoms with E-state index in [1.807, 2.05) is 0 Å². The highest BCUT2D eigenvalue weighted by Gasteiger charge is 2.23. The van der Waals surface area contributed by atoms with Gasteiger partial charge in [-0.15, -0.1) is 0 Å². The van der Waals surface area contributed by atoms with Gasteiger partial charge in [0.05, 0.1) is 6.61 Å². The third-order valence-corrected chi connectivity index (χ3v) is 4.12. The summed E-state index contributed by atoms with van der Waals surface area (Å²) in [5.74, 6) is 0.660. The maximum atomic E-state index is 5.49. The molecule has 2 rings (SSSR count). The fourth-order valence-corrected chi connectivity index (χ4v) is 3.08. The van der Waals surface area contributed by atoms with E-state index < -0.39 is 0 Å². The molecule has 17 heavy (non-hydrogen) atoms. The highest BCUT2D eigenvalue weighted by Crippen LogP contribution is 2.15. The molecule has 2 heterocycles. The molecule has 0 radical (unpaired) electrons. The van der Waals surface area contributed by atoms with Gasteiger partial charge in [-0.3, -0.25) is 0 Å². The normalized spacial score (nSPS) is 33.5. The lowest BCUT2D eigenvalue weighted by Gasteiger charge is -2.35. The molecule has 2 fully saturated rings. The first-order valence-corrected chi connectivity index (χ1v) is 7.32. The lowest BCUT2D eigenvalue weighted by Crippen LogP contribution is -2.49. The highest BCUT2D eigenvalue weighted by molar-refractivity contribution is 4.81. The number of nitrogens with one attached hydrogen (secondary N) is 1. The Morgan fingerprint density at radius 2 is 2.06 bits per heavy atom. The summed E-state index contributed by atoms with van der Waals surface area (Å²) >= 11 is 0. The largest absolute Gasteiger partial charge is 0.381 e. The zero-order valence-electron chi connectivity index (χ0n) is 11.5. The Bertz CT molecular complexity index is 216. The van der Waals surface area contributed by atoms with Crippen LogP contribution in [0.3, 0.4) is 0 Å². The molecule has 3 heteroatoms. The summed E-state index contributed by atoms with van der Waals surface area (Å²) in [5, 5.41) is 3.79. The van der Waals surface area contributed by atoms with Crippen molar-refractivity contribution in [3.8, 4) is 0 Å². The molecule has 0 aromatic heterocycles. The Morgan fingerprint density at radius 1 is 1.29 bits per heavy atom. The fraction of sp³-hybridized carbons (Fsp3) is 1.00. The average molecular weight is 240 g/mol. The van der Waals surface area contributed by atoms with Crippen LogP contribution in [0.1, 0.15) is 39.5 Å². The van der Waals surface area contributed by atoms with E-state index in [4.69, 9.17) is 4.74 Å². The van der Waals surface area contributed by atoms with Crippen LogP contribution in [-0.2, 0) is 4.74 Å². The first-order chi connectivity index (χ1) is 8.25. The summed E-state index contributed by atoms with van der Waals surface area (Å²) in [6.45, 7) is 10.3. The predicted molar refractivity (Wildman–Crippen MR) is 71.3 cm³/mol. The second kappa shape index (κ2) is 6.72. The monoisotopic (exact) mass is 240 g/mol. The van der Waals surface area contributed by atoms with Crippen molar-refractivity contribution >= 4 is 0 Å². The average Bonchev–Trinajstić information content (AvgIpc) is 2.33. The van der Waals surface area contributed by atoms with Crippen LogP contribution in [0, 0.1) is 5.92 Å². The third kappa shape index (κ3) is 4.23. The second-order valence-corrected chi connectivity index (χ2v) is 5.88. The highest BCUT2D eigenvalue weighted by atomic mass is 16.5. The Hall–Kier alpha value is -0.120. The zero-order valence-corrected chi connectivity index (χ0v) is 11.5. The molecule has 0 aliphatic carbocycles. The second-order valence-electron chi connectivity index (χ2n) is 5.88. The van der Waals surface area contributed by atoms with Gasteiger partial charge in [0, 0.05) is 25.2 Å². The van der Waals surface area contributed by atoms with Crippen molar-refractivity contribution < 1.29 is 4.74 Å². The number of piperidine rings is 1. The number of ether oxygens (including phenoxy) is 1. The molecule has 0 aromatic rings. The summed E-state index contributed by atoms with van der Waals surface area (Å²) in [7, 11) is 0. The van der Waals surface area contributed by atoms with E-state index in [1.54, 1.807) is 0 Å². The van der Waals surface area contributed by atoms with Crippen LogP contribution in [-0.4, -0.2) is 49.8 Å². The van der Waals surface area contributed by atoms with E-state index in [-0.39, 0.29) is 0 Å². The molecule has 100 valence electrons. The summed E-state index contributed by atoms with van der Waals surface area (Å²) < 4.78 is 5.49. The van der Waals surface area contributed by atoms with Crippen molar-refractivity contribution in [3.05, 3.63) is 0 Å². The van der Waals surface area contributed by atoms with Crippen molar-refractivity contribution in [1.29, 1.82) is 0 Å². The molecular formula is C14H28N2O. The van der Waals surface area contributed by atoms with Gasteiger partial charge in [0.1, 0.15) is 0 Å². The Labute approximate surface area is 106 Å². The van der Waals surface area contributed by atoms with Crippen LogP contribution < -0.4 is 5.32 Å². The Balaban J connectivity index is 1.70. The SMILES string of the molecule is CC(CN1CCCCC1)NC1CCOCC1C. The van der Waals surface area contributed by atoms with Crippen LogP contribution in [0.25, 0.3) is 0 Å². The molecule has 0 bridgehead atoms. The zero-order chi connectivity index (χ0) is 12.1. The summed E-state index contributed by atoms with van der Waals surface area (Å²) in [5.41, 5.74) is 0. The van der Waals surface area contributed by atoms with Gasteiger partial charge in [0.2, 0.25) is 0 Å². The molecular weight excluding hydrogens is 212 g/mol. The van der Waals surface area contributed by atoms with Crippen molar-refractivity contribution in [3.63, 3.8) is 0 Å². The van der Waals surface area contributed by atoms with E-state index >= 15 is 0 Å². The van der Waals surface area contributed by atoms with Gasteiger partial charge in [-0.05, 0) is 45.2 Å². The maximum Gasteiger partial charge on any atom is 0.0506 e. The van der Waals surface area contributed by atoms with E-state index in [0.29, 0.717) is 18.0 Å². The molecule has 3 nitrogen and oxygen atoms in total. The van der Waals surface area contributed by atoms with E-state index in [9.17, 15) is 0 Å². The predicted octanol–water partition coefficient (Wildman–Crippen LogP) is 1.88. The molecule has 2 aliphatic rings. The smallest absolute Gasteiger partial charge is 0.0506 e. The lowest BCUT2D eigenvalue weighted by molar-refractivity contribution is 0.0346. The molecule has 3 atom stereocenters. The van der Waals surface area contributed by atoms with Crippen LogP contribution in [0.5, 0.6) is 0 Å². The molecule has 0 aromatic carbocycles. The molecule has 3 unspecified atom stereocenters. The first kappa shape index (κ1) is 13.3. The van der Waals surface area contributed by atoms with Gasteiger partial charge < -0.3 is 15.0 Å². The summed E-state index contributed by atoms with van der Waals surface area (Å²) in [6.07, 6.45) is 5.38. The first-order valence-electron chi connectivity index (χ1n) is 7.32. The van der Waals surface area contributed by atoms with Crippen molar-refractivity contribution in [2.24, 2.45) is 5.92 Å². The minimum Gasteiger partial charge on any atom is -0.381 e. The molecule has 1 N–H and O–H groups in total. The van der Waals surface area contributed by atoms with Crippen LogP contribution in [0.4, 0.5) is 0 Å². The standard InChI is InChI=1S/C14H28N2O/c1-12-11-17-9-6-14(12)15-13(2)10-16-7-4-3-5-8-16/h12-15H,3-11H2,1-2H3. The molecule has 2 aliphatic heterocycles. The van der Waals surface area contributed by atoms with Gasteiger partial charge in [-0.1, -0.05) is 13.3 Å². The van der Waals surface area contributed by atoms with Gasteiger partial charge in [-0.2, -0.15) is 0 Å². The Morgan fingerprint density at radius 3 is 2.76 bits per heavy atom. The van der Waals surface area contributed by atoms with Gasteiger partial charge in [0.15, 0.2) is 0 Å². The van der Waals surface area contributed by atoms with Gasteiger partial charge in [0.25, 0.3) is 0 Å². The Kier molecular flexibility index (Phi) is 5.26. The van der Waals surface area contributed by atoms with Crippen molar-refractivity contribution in [1.82, 2.24) is 10.2 Å². The third-order valence-electron chi connectivity index (χ3n) is 4.12. The number of likely N-dealkylation sites (tertiary alicyclic amines) is 1. The van der Waals surface area contributed by atoms with Gasteiger partial charge in [-0.25, -0.2) is 0 Å². The summed E-state index contributed by atoms with van der Waals surface area (Å²) in [4.78, 5) is 2.62. The topological polar surface area (TPSA) is 24.5 Å². The quantitative estimate of drug-likeness (QED) is 0.812. The molecule has 0 saturated carbocycles. The minimum absolute atomic E-state index is 0.610. The lowest BCUT2D eigenvalue weighted by atomic mass is 9.97. The van der Waals surface area contributed by atoms with Crippen molar-refractivity contribution in [2.75, 3.05) is 32.8 Å². The maximum absolute atomic E-state index is 5.49.